The molecule has 0 saturated heterocycles. The molecule has 0 amide bonds. The fourth-order valence-electron chi connectivity index (χ4n) is 2.71. The largest absolute Gasteiger partial charge is 0.495 e. The highest BCUT2D eigenvalue weighted by Crippen LogP contribution is 2.35. The van der Waals surface area contributed by atoms with Gasteiger partial charge in [0.15, 0.2) is 0 Å². The minimum absolute atomic E-state index is 0.00134. The van der Waals surface area contributed by atoms with E-state index in [0.717, 1.165) is 5.69 Å². The molecule has 2 heterocycles. The molecule has 0 unspecified atom stereocenters. The number of carbonyl (C=O) groups is 2. The van der Waals surface area contributed by atoms with Crippen molar-refractivity contribution in [1.82, 2.24) is 14.8 Å². The fraction of sp³-hybridized carbons (Fsp3) is 0.158. The van der Waals surface area contributed by atoms with Crippen LogP contribution in [-0.2, 0) is 19.1 Å². The summed E-state index contributed by atoms with van der Waals surface area (Å²) >= 11 is 0. The Labute approximate surface area is 161 Å². The van der Waals surface area contributed by atoms with Crippen molar-refractivity contribution in [2.45, 2.75) is 0 Å². The van der Waals surface area contributed by atoms with E-state index in [1.165, 1.54) is 32.3 Å². The number of benzene rings is 1. The van der Waals surface area contributed by atoms with E-state index in [2.05, 4.69) is 10.2 Å². The SMILES string of the molecule is COC(=O)C1=C(C(=O)OC)N(c2cc(-n3cnnc3)ccc2OC)C=CC=C1. The first kappa shape index (κ1) is 18.9. The van der Waals surface area contributed by atoms with Crippen molar-refractivity contribution in [1.29, 1.82) is 0 Å². The number of methoxy groups -OCH3 is 3. The normalized spacial score (nSPS) is 13.3. The first-order chi connectivity index (χ1) is 13.6. The molecule has 0 atom stereocenters. The molecule has 0 saturated carbocycles. The monoisotopic (exact) mass is 382 g/mol. The van der Waals surface area contributed by atoms with Crippen LogP contribution in [0.3, 0.4) is 0 Å². The van der Waals surface area contributed by atoms with Crippen molar-refractivity contribution in [2.75, 3.05) is 26.2 Å². The number of carbonyl (C=O) groups excluding carboxylic acids is 2. The van der Waals surface area contributed by atoms with E-state index in [1.54, 1.807) is 47.7 Å². The second-order valence-corrected chi connectivity index (χ2v) is 5.54. The minimum atomic E-state index is -0.701. The van der Waals surface area contributed by atoms with Crippen LogP contribution in [0, 0.1) is 0 Å². The van der Waals surface area contributed by atoms with Crippen molar-refractivity contribution < 1.29 is 23.8 Å². The average Bonchev–Trinajstić information content (AvgIpc) is 3.18. The molecule has 0 radical (unpaired) electrons. The molecule has 0 aliphatic carbocycles. The second-order valence-electron chi connectivity index (χ2n) is 5.54. The van der Waals surface area contributed by atoms with Crippen LogP contribution >= 0.6 is 0 Å². The van der Waals surface area contributed by atoms with Crippen LogP contribution in [-0.4, -0.2) is 48.0 Å². The van der Waals surface area contributed by atoms with E-state index < -0.39 is 11.9 Å². The number of hydrogen-bond acceptors (Lipinski definition) is 8. The summed E-state index contributed by atoms with van der Waals surface area (Å²) in [7, 11) is 4.00. The predicted octanol–water partition coefficient (Wildman–Crippen LogP) is 1.77. The molecule has 9 heteroatoms. The van der Waals surface area contributed by atoms with Gasteiger partial charge in [0.05, 0.1) is 38.3 Å². The number of allylic oxidation sites excluding steroid dienone is 2. The lowest BCUT2D eigenvalue weighted by molar-refractivity contribution is -0.139. The standard InChI is InChI=1S/C19H18N4O5/c1-26-16-8-7-13(22-11-20-21-12-22)10-15(16)23-9-5-4-6-14(18(24)27-2)17(23)19(25)28-3/h4-12H,1-3H3. The Morgan fingerprint density at radius 2 is 1.68 bits per heavy atom. The fourth-order valence-corrected chi connectivity index (χ4v) is 2.71. The highest BCUT2D eigenvalue weighted by molar-refractivity contribution is 6.05. The Balaban J connectivity index is 2.23. The summed E-state index contributed by atoms with van der Waals surface area (Å²) in [5.41, 5.74) is 1.29. The lowest BCUT2D eigenvalue weighted by atomic mass is 10.1. The summed E-state index contributed by atoms with van der Waals surface area (Å²) in [4.78, 5) is 26.4. The van der Waals surface area contributed by atoms with Gasteiger partial charge in [-0.25, -0.2) is 9.59 Å². The highest BCUT2D eigenvalue weighted by Gasteiger charge is 2.29. The van der Waals surface area contributed by atoms with Crippen molar-refractivity contribution >= 4 is 17.6 Å². The maximum atomic E-state index is 12.6. The molecule has 28 heavy (non-hydrogen) atoms. The van der Waals surface area contributed by atoms with Crippen LogP contribution < -0.4 is 9.64 Å². The van der Waals surface area contributed by atoms with Gasteiger partial charge in [-0.3, -0.25) is 4.57 Å². The molecular weight excluding hydrogens is 364 g/mol. The zero-order chi connectivity index (χ0) is 20.1. The number of anilines is 1. The first-order valence-electron chi connectivity index (χ1n) is 8.18. The van der Waals surface area contributed by atoms with E-state index in [9.17, 15) is 9.59 Å². The van der Waals surface area contributed by atoms with Crippen LogP contribution in [0.2, 0.25) is 0 Å². The lowest BCUT2D eigenvalue weighted by Crippen LogP contribution is -2.27. The Morgan fingerprint density at radius 3 is 2.32 bits per heavy atom. The smallest absolute Gasteiger partial charge is 0.355 e. The van der Waals surface area contributed by atoms with E-state index in [4.69, 9.17) is 14.2 Å². The molecule has 144 valence electrons. The molecule has 1 aliphatic heterocycles. The average molecular weight is 382 g/mol. The summed E-state index contributed by atoms with van der Waals surface area (Å²) in [6, 6.07) is 5.33. The second kappa shape index (κ2) is 8.21. The number of rotatable bonds is 5. The van der Waals surface area contributed by atoms with Crippen molar-refractivity contribution in [3.8, 4) is 11.4 Å². The molecule has 9 nitrogen and oxygen atoms in total. The third-order valence-electron chi connectivity index (χ3n) is 4.03. The van der Waals surface area contributed by atoms with Crippen LogP contribution in [0.25, 0.3) is 5.69 Å². The molecule has 1 aliphatic rings. The summed E-state index contributed by atoms with van der Waals surface area (Å²) in [6.07, 6.45) is 9.52. The van der Waals surface area contributed by atoms with Crippen LogP contribution in [0.1, 0.15) is 0 Å². The maximum Gasteiger partial charge on any atom is 0.355 e. The Morgan fingerprint density at radius 1 is 0.964 bits per heavy atom. The number of esters is 2. The van der Waals surface area contributed by atoms with Gasteiger partial charge >= 0.3 is 11.9 Å². The summed E-state index contributed by atoms with van der Waals surface area (Å²) in [6.45, 7) is 0. The van der Waals surface area contributed by atoms with Crippen LogP contribution in [0.15, 0.2) is 66.6 Å². The maximum absolute atomic E-state index is 12.6. The van der Waals surface area contributed by atoms with E-state index >= 15 is 0 Å². The first-order valence-corrected chi connectivity index (χ1v) is 8.18. The molecule has 1 aromatic carbocycles. The molecule has 3 rings (SSSR count). The third kappa shape index (κ3) is 3.50. The van der Waals surface area contributed by atoms with Crippen molar-refractivity contribution in [2.24, 2.45) is 0 Å². The molecular formula is C19H18N4O5. The van der Waals surface area contributed by atoms with E-state index in [0.29, 0.717) is 11.4 Å². The zero-order valence-corrected chi connectivity index (χ0v) is 15.5. The van der Waals surface area contributed by atoms with Gasteiger partial charge in [-0.2, -0.15) is 0 Å². The molecule has 0 N–H and O–H groups in total. The minimum Gasteiger partial charge on any atom is -0.495 e. The lowest BCUT2D eigenvalue weighted by Gasteiger charge is -2.25. The van der Waals surface area contributed by atoms with Gasteiger partial charge < -0.3 is 19.1 Å². The number of ether oxygens (including phenoxy) is 3. The Hall–Kier alpha value is -3.88. The van der Waals surface area contributed by atoms with Crippen LogP contribution in [0.4, 0.5) is 5.69 Å². The topological polar surface area (TPSA) is 95.8 Å². The Kier molecular flexibility index (Phi) is 5.54. The van der Waals surface area contributed by atoms with Crippen molar-refractivity contribution in [3.05, 3.63) is 66.6 Å². The van der Waals surface area contributed by atoms with Gasteiger partial charge in [0.2, 0.25) is 0 Å². The predicted molar refractivity (Wildman–Crippen MR) is 99.7 cm³/mol. The summed E-state index contributed by atoms with van der Waals surface area (Å²) < 4.78 is 16.9. The molecule has 0 spiro atoms. The number of aromatic nitrogens is 3. The van der Waals surface area contributed by atoms with Gasteiger partial charge in [0, 0.05) is 6.20 Å². The number of hydrogen-bond donors (Lipinski definition) is 0. The van der Waals surface area contributed by atoms with E-state index in [-0.39, 0.29) is 11.3 Å². The third-order valence-corrected chi connectivity index (χ3v) is 4.03. The summed E-state index contributed by atoms with van der Waals surface area (Å²) in [5.74, 6) is -0.887. The van der Waals surface area contributed by atoms with Gasteiger partial charge in [-0.1, -0.05) is 6.08 Å². The van der Waals surface area contributed by atoms with Crippen LogP contribution in [0.5, 0.6) is 5.75 Å². The van der Waals surface area contributed by atoms with Crippen molar-refractivity contribution in [3.63, 3.8) is 0 Å². The zero-order valence-electron chi connectivity index (χ0n) is 15.5. The Bertz CT molecular complexity index is 976. The molecule has 0 fully saturated rings. The summed E-state index contributed by atoms with van der Waals surface area (Å²) in [5, 5.41) is 7.60. The quantitative estimate of drug-likeness (QED) is 0.722. The van der Waals surface area contributed by atoms with Gasteiger partial charge in [0.25, 0.3) is 0 Å². The molecule has 0 bridgehead atoms. The number of nitrogens with zero attached hydrogens (tertiary/aromatic N) is 4. The molecule has 1 aromatic heterocycles. The molecule has 2 aromatic rings. The van der Waals surface area contributed by atoms with E-state index in [1.807, 2.05) is 6.07 Å². The van der Waals surface area contributed by atoms with Gasteiger partial charge in [-0.15, -0.1) is 10.2 Å². The highest BCUT2D eigenvalue weighted by atomic mass is 16.5. The van der Waals surface area contributed by atoms with Gasteiger partial charge in [-0.05, 0) is 30.4 Å². The van der Waals surface area contributed by atoms with Gasteiger partial charge in [0.1, 0.15) is 24.1 Å².